The first kappa shape index (κ1) is 38.7. The number of imidazole rings is 2. The molecule has 2 aliphatic heterocycles. The summed E-state index contributed by atoms with van der Waals surface area (Å²) in [6, 6.07) is 21.1. The van der Waals surface area contributed by atoms with Gasteiger partial charge in [0.2, 0.25) is 11.9 Å². The third kappa shape index (κ3) is 6.62. The SMILES string of the molecule is Cc1c(C#N)cccc1-c1cnc(NCc2c(F)ccc3c2CC(C2Cc4c(ccc(F)c4CNc4ncc(-c5cccnc5CO)c5nc(C#N)cn45)O2)O3)n2cc(C#N)nc12. The first-order valence-corrected chi connectivity index (χ1v) is 19.8. The molecule has 7 heterocycles. The summed E-state index contributed by atoms with van der Waals surface area (Å²) in [5.41, 5.74) is 7.46. The fraction of sp³-hybridized carbons (Fsp3) is 0.174. The Balaban J connectivity index is 0.876. The van der Waals surface area contributed by atoms with Crippen LogP contribution in [0, 0.1) is 52.6 Å². The predicted molar refractivity (Wildman–Crippen MR) is 223 cm³/mol. The number of hydrogen-bond acceptors (Lipinski definition) is 13. The molecule has 0 saturated heterocycles. The van der Waals surface area contributed by atoms with E-state index in [1.807, 2.05) is 13.0 Å². The number of aliphatic hydroxyl groups is 1. The van der Waals surface area contributed by atoms with Gasteiger partial charge in [0.25, 0.3) is 0 Å². The van der Waals surface area contributed by atoms with Gasteiger partial charge in [0.1, 0.15) is 47.5 Å². The molecule has 308 valence electrons. The zero-order valence-corrected chi connectivity index (χ0v) is 33.3. The lowest BCUT2D eigenvalue weighted by atomic mass is 9.96. The minimum Gasteiger partial charge on any atom is -0.486 e. The van der Waals surface area contributed by atoms with E-state index in [9.17, 15) is 20.9 Å². The minimum atomic E-state index is -0.514. The highest BCUT2D eigenvalue weighted by Crippen LogP contribution is 2.41. The standard InChI is InChI=1S/C46H32F2N12O3/c1-24-25(14-49)4-2-5-28(24)34-19-55-45(59-21-26(15-50)57-43(34)59)53-17-32-30-12-41(62-39(30)9-7-36(32)47)42-13-31-33(37(48)8-10-40(31)63-42)18-54-46-56-20-35(29-6-3-11-52-38(29)23-61)44-58-27(16-51)22-60(44)46/h2-11,19-22,41-42,61H,12-13,17-18,23H2,1H3,(H,53,55)(H,54,56). The van der Waals surface area contributed by atoms with Gasteiger partial charge in [-0.2, -0.15) is 15.8 Å². The Labute approximate surface area is 357 Å². The Kier molecular flexibility index (Phi) is 9.55. The molecule has 3 N–H and O–H groups in total. The highest BCUT2D eigenvalue weighted by molar-refractivity contribution is 5.82. The maximum atomic E-state index is 15.7. The van der Waals surface area contributed by atoms with E-state index in [0.717, 1.165) is 11.1 Å². The molecule has 3 aromatic carbocycles. The Hall–Kier alpha value is -8.46. The fourth-order valence-corrected chi connectivity index (χ4v) is 8.46. The number of benzene rings is 3. The van der Waals surface area contributed by atoms with Gasteiger partial charge in [0, 0.05) is 83.5 Å². The number of aromatic nitrogens is 7. The number of nitrogens with zero attached hydrogens (tertiary/aromatic N) is 10. The number of fused-ring (bicyclic) bond motifs is 4. The van der Waals surface area contributed by atoms with E-state index < -0.39 is 23.8 Å². The first-order valence-electron chi connectivity index (χ1n) is 19.8. The van der Waals surface area contributed by atoms with Gasteiger partial charge in [-0.3, -0.25) is 13.8 Å². The van der Waals surface area contributed by atoms with Crippen LogP contribution < -0.4 is 20.1 Å². The molecule has 8 aromatic rings. The summed E-state index contributed by atoms with van der Waals surface area (Å²) in [5.74, 6) is 0.769. The molecular formula is C46H32F2N12O3. The number of pyridine rings is 1. The van der Waals surface area contributed by atoms with E-state index in [1.165, 1.54) is 18.3 Å². The van der Waals surface area contributed by atoms with E-state index >= 15 is 8.78 Å². The van der Waals surface area contributed by atoms with Crippen LogP contribution in [0.1, 0.15) is 50.5 Å². The van der Waals surface area contributed by atoms with Crippen molar-refractivity contribution in [2.75, 3.05) is 10.6 Å². The van der Waals surface area contributed by atoms with Crippen molar-refractivity contribution < 1.29 is 23.4 Å². The second kappa shape index (κ2) is 15.5. The molecule has 0 bridgehead atoms. The number of nitrogens with one attached hydrogen (secondary N) is 2. The molecular weight excluding hydrogens is 807 g/mol. The molecule has 2 atom stereocenters. The maximum Gasteiger partial charge on any atom is 0.208 e. The van der Waals surface area contributed by atoms with Crippen LogP contribution in [0.3, 0.4) is 0 Å². The largest absolute Gasteiger partial charge is 0.486 e. The van der Waals surface area contributed by atoms with Gasteiger partial charge in [0.15, 0.2) is 22.7 Å². The van der Waals surface area contributed by atoms with Gasteiger partial charge in [-0.15, -0.1) is 0 Å². The van der Waals surface area contributed by atoms with Gasteiger partial charge in [0.05, 0.1) is 36.3 Å². The quantitative estimate of drug-likeness (QED) is 0.131. The molecule has 0 spiro atoms. The lowest BCUT2D eigenvalue weighted by molar-refractivity contribution is 0.0845. The lowest BCUT2D eigenvalue weighted by Crippen LogP contribution is -2.34. The Bertz CT molecular complexity index is 3310. The molecule has 0 amide bonds. The second-order valence-electron chi connectivity index (χ2n) is 15.0. The summed E-state index contributed by atoms with van der Waals surface area (Å²) in [7, 11) is 0. The Morgan fingerprint density at radius 2 is 1.24 bits per heavy atom. The van der Waals surface area contributed by atoms with Crippen LogP contribution in [0.2, 0.25) is 0 Å². The molecule has 10 rings (SSSR count). The van der Waals surface area contributed by atoms with Crippen molar-refractivity contribution in [3.63, 3.8) is 0 Å². The molecule has 2 unspecified atom stereocenters. The molecule has 17 heteroatoms. The van der Waals surface area contributed by atoms with Crippen LogP contribution in [-0.2, 0) is 32.5 Å². The molecule has 0 aliphatic carbocycles. The van der Waals surface area contributed by atoms with Crippen LogP contribution in [0.4, 0.5) is 20.7 Å². The van der Waals surface area contributed by atoms with Crippen molar-refractivity contribution >= 4 is 23.2 Å². The normalized spacial score (nSPS) is 14.9. The molecule has 0 radical (unpaired) electrons. The van der Waals surface area contributed by atoms with Crippen molar-refractivity contribution in [1.29, 1.82) is 15.8 Å². The van der Waals surface area contributed by atoms with E-state index in [1.54, 1.807) is 70.0 Å². The van der Waals surface area contributed by atoms with Gasteiger partial charge >= 0.3 is 0 Å². The first-order chi connectivity index (χ1) is 30.8. The van der Waals surface area contributed by atoms with Crippen LogP contribution in [0.25, 0.3) is 33.5 Å². The average Bonchev–Trinajstić information content (AvgIpc) is 4.13. The summed E-state index contributed by atoms with van der Waals surface area (Å²) in [5, 5.41) is 45.4. The summed E-state index contributed by atoms with van der Waals surface area (Å²) in [6.07, 6.45) is 7.47. The van der Waals surface area contributed by atoms with Crippen LogP contribution in [-0.4, -0.2) is 51.0 Å². The number of anilines is 2. The van der Waals surface area contributed by atoms with E-state index in [2.05, 4.69) is 53.8 Å². The van der Waals surface area contributed by atoms with Crippen molar-refractivity contribution in [2.24, 2.45) is 0 Å². The molecule has 2 aliphatic rings. The summed E-state index contributed by atoms with van der Waals surface area (Å²) in [4.78, 5) is 22.5. The number of hydrogen-bond donors (Lipinski definition) is 3. The molecule has 15 nitrogen and oxygen atoms in total. The molecule has 5 aromatic heterocycles. The number of aliphatic hydroxyl groups excluding tert-OH is 1. The fourth-order valence-electron chi connectivity index (χ4n) is 8.46. The highest BCUT2D eigenvalue weighted by Gasteiger charge is 2.39. The molecule has 63 heavy (non-hydrogen) atoms. The second-order valence-corrected chi connectivity index (χ2v) is 15.0. The maximum absolute atomic E-state index is 15.7. The number of nitriles is 3. The average molecular weight is 839 g/mol. The van der Waals surface area contributed by atoms with Crippen LogP contribution in [0.15, 0.2) is 85.6 Å². The lowest BCUT2D eigenvalue weighted by Gasteiger charge is -2.18. The number of ether oxygens (including phenoxy) is 2. The van der Waals surface area contributed by atoms with Gasteiger partial charge in [-0.05, 0) is 54.4 Å². The zero-order chi connectivity index (χ0) is 43.4. The summed E-state index contributed by atoms with van der Waals surface area (Å²) >= 11 is 0. The monoisotopic (exact) mass is 838 g/mol. The Morgan fingerprint density at radius 3 is 1.76 bits per heavy atom. The third-order valence-corrected chi connectivity index (χ3v) is 11.6. The molecule has 0 fully saturated rings. The van der Waals surface area contributed by atoms with Crippen LogP contribution >= 0.6 is 0 Å². The van der Waals surface area contributed by atoms with Crippen molar-refractivity contribution in [3.8, 4) is 52.0 Å². The van der Waals surface area contributed by atoms with Crippen molar-refractivity contribution in [2.45, 2.75) is 51.7 Å². The molecule has 0 saturated carbocycles. The number of halogens is 2. The van der Waals surface area contributed by atoms with Gasteiger partial charge in [-0.25, -0.2) is 28.7 Å². The minimum absolute atomic E-state index is 0.0229. The smallest absolute Gasteiger partial charge is 0.208 e. The van der Waals surface area contributed by atoms with E-state index in [0.29, 0.717) is 97.7 Å². The van der Waals surface area contributed by atoms with Crippen molar-refractivity contribution in [1.82, 2.24) is 33.7 Å². The topological polar surface area (TPSA) is 207 Å². The van der Waals surface area contributed by atoms with E-state index in [-0.39, 0.29) is 31.1 Å². The predicted octanol–water partition coefficient (Wildman–Crippen LogP) is 6.73. The van der Waals surface area contributed by atoms with Gasteiger partial charge < -0.3 is 25.2 Å². The highest BCUT2D eigenvalue weighted by atomic mass is 19.1. The van der Waals surface area contributed by atoms with E-state index in [4.69, 9.17) is 9.47 Å². The number of rotatable bonds is 10. The van der Waals surface area contributed by atoms with Gasteiger partial charge in [-0.1, -0.05) is 18.2 Å². The Morgan fingerprint density at radius 1 is 0.698 bits per heavy atom. The third-order valence-electron chi connectivity index (χ3n) is 11.6. The zero-order valence-electron chi connectivity index (χ0n) is 33.3. The summed E-state index contributed by atoms with van der Waals surface area (Å²) < 4.78 is 47.4. The van der Waals surface area contributed by atoms with Crippen LogP contribution in [0.5, 0.6) is 11.5 Å². The summed E-state index contributed by atoms with van der Waals surface area (Å²) in [6.45, 7) is 1.59. The van der Waals surface area contributed by atoms with Crippen molar-refractivity contribution in [3.05, 3.63) is 148 Å².